The van der Waals surface area contributed by atoms with Gasteiger partial charge in [0.15, 0.2) is 0 Å². The SMILES string of the molecule is C/C=C(\C)C(=O)NS(=O)(=O)N(C)Cc1ccccc1. The number of benzene rings is 1. The van der Waals surface area contributed by atoms with Gasteiger partial charge in [0.25, 0.3) is 5.91 Å². The average Bonchev–Trinajstić information content (AvgIpc) is 2.38. The smallest absolute Gasteiger partial charge is 0.269 e. The molecular weight excluding hydrogens is 264 g/mol. The lowest BCUT2D eigenvalue weighted by molar-refractivity contribution is -0.115. The third-order valence-electron chi connectivity index (χ3n) is 2.67. The van der Waals surface area contributed by atoms with Crippen LogP contribution in [-0.2, 0) is 21.5 Å². The lowest BCUT2D eigenvalue weighted by Crippen LogP contribution is -2.41. The van der Waals surface area contributed by atoms with Gasteiger partial charge in [-0.05, 0) is 19.4 Å². The standard InChI is InChI=1S/C13H18N2O3S/c1-4-11(2)13(16)14-19(17,18)15(3)10-12-8-6-5-7-9-12/h4-9H,10H2,1-3H3,(H,14,16)/b11-4+. The summed E-state index contributed by atoms with van der Waals surface area (Å²) in [6, 6.07) is 9.17. The summed E-state index contributed by atoms with van der Waals surface area (Å²) in [5.41, 5.74) is 1.21. The van der Waals surface area contributed by atoms with Crippen LogP contribution in [0.4, 0.5) is 0 Å². The minimum atomic E-state index is -3.82. The number of carbonyl (C=O) groups excluding carboxylic acids is 1. The van der Waals surface area contributed by atoms with Crippen molar-refractivity contribution in [1.29, 1.82) is 0 Å². The van der Waals surface area contributed by atoms with Crippen molar-refractivity contribution in [2.45, 2.75) is 20.4 Å². The first-order valence-electron chi connectivity index (χ1n) is 5.82. The summed E-state index contributed by atoms with van der Waals surface area (Å²) in [5, 5.41) is 0. The highest BCUT2D eigenvalue weighted by molar-refractivity contribution is 7.87. The van der Waals surface area contributed by atoms with Gasteiger partial charge in [-0.25, -0.2) is 4.72 Å². The lowest BCUT2D eigenvalue weighted by Gasteiger charge is -2.17. The summed E-state index contributed by atoms with van der Waals surface area (Å²) in [4.78, 5) is 11.6. The van der Waals surface area contributed by atoms with Gasteiger partial charge in [-0.2, -0.15) is 12.7 Å². The Morgan fingerprint density at radius 2 is 1.89 bits per heavy atom. The first-order valence-corrected chi connectivity index (χ1v) is 7.26. The summed E-state index contributed by atoms with van der Waals surface area (Å²) in [7, 11) is -2.40. The summed E-state index contributed by atoms with van der Waals surface area (Å²) >= 11 is 0. The van der Waals surface area contributed by atoms with Crippen LogP contribution in [-0.4, -0.2) is 25.7 Å². The Kier molecular flexibility index (Phi) is 5.26. The summed E-state index contributed by atoms with van der Waals surface area (Å²) in [6.07, 6.45) is 1.56. The average molecular weight is 282 g/mol. The van der Waals surface area contributed by atoms with E-state index in [9.17, 15) is 13.2 Å². The maximum Gasteiger partial charge on any atom is 0.304 e. The van der Waals surface area contributed by atoms with Gasteiger partial charge in [-0.15, -0.1) is 0 Å². The van der Waals surface area contributed by atoms with E-state index in [4.69, 9.17) is 0 Å². The summed E-state index contributed by atoms with van der Waals surface area (Å²) in [5.74, 6) is -0.609. The summed E-state index contributed by atoms with van der Waals surface area (Å²) < 4.78 is 27.0. The predicted molar refractivity (Wildman–Crippen MR) is 74.4 cm³/mol. The molecule has 1 rings (SSSR count). The number of hydrogen-bond acceptors (Lipinski definition) is 3. The van der Waals surface area contributed by atoms with Crippen LogP contribution in [0.3, 0.4) is 0 Å². The quantitative estimate of drug-likeness (QED) is 0.831. The first-order chi connectivity index (χ1) is 8.86. The van der Waals surface area contributed by atoms with Crippen LogP contribution in [0.2, 0.25) is 0 Å². The fourth-order valence-corrected chi connectivity index (χ4v) is 2.20. The molecule has 0 fully saturated rings. The fourth-order valence-electron chi connectivity index (χ4n) is 1.33. The van der Waals surface area contributed by atoms with Gasteiger partial charge >= 0.3 is 10.2 Å². The van der Waals surface area contributed by atoms with Gasteiger partial charge in [0.2, 0.25) is 0 Å². The van der Waals surface area contributed by atoms with Crippen molar-refractivity contribution >= 4 is 16.1 Å². The molecule has 0 aliphatic rings. The molecule has 104 valence electrons. The van der Waals surface area contributed by atoms with Crippen molar-refractivity contribution in [3.63, 3.8) is 0 Å². The number of carbonyl (C=O) groups is 1. The number of rotatable bonds is 5. The fraction of sp³-hybridized carbons (Fsp3) is 0.308. The molecule has 0 spiro atoms. The number of hydrogen-bond donors (Lipinski definition) is 1. The highest BCUT2D eigenvalue weighted by Crippen LogP contribution is 2.06. The van der Waals surface area contributed by atoms with Gasteiger partial charge in [0.05, 0.1) is 0 Å². The van der Waals surface area contributed by atoms with E-state index < -0.39 is 16.1 Å². The second-order valence-corrected chi connectivity index (χ2v) is 5.93. The molecule has 1 aromatic carbocycles. The van der Waals surface area contributed by atoms with E-state index in [-0.39, 0.29) is 6.54 Å². The van der Waals surface area contributed by atoms with Gasteiger partial charge in [0, 0.05) is 19.2 Å². The van der Waals surface area contributed by atoms with Crippen LogP contribution in [0.25, 0.3) is 0 Å². The van der Waals surface area contributed by atoms with Gasteiger partial charge in [-0.3, -0.25) is 4.79 Å². The van der Waals surface area contributed by atoms with Crippen molar-refractivity contribution in [3.05, 3.63) is 47.5 Å². The van der Waals surface area contributed by atoms with Crippen molar-refractivity contribution in [2.75, 3.05) is 7.05 Å². The minimum Gasteiger partial charge on any atom is -0.269 e. The Bertz CT molecular complexity index is 565. The maximum absolute atomic E-state index is 11.9. The Morgan fingerprint density at radius 3 is 2.42 bits per heavy atom. The van der Waals surface area contributed by atoms with Crippen LogP contribution >= 0.6 is 0 Å². The molecule has 1 aromatic rings. The van der Waals surface area contributed by atoms with E-state index in [0.717, 1.165) is 9.87 Å². The zero-order valence-corrected chi connectivity index (χ0v) is 12.1. The molecule has 0 bridgehead atoms. The predicted octanol–water partition coefficient (Wildman–Crippen LogP) is 1.45. The molecule has 0 aliphatic heterocycles. The molecule has 0 saturated heterocycles. The van der Waals surface area contributed by atoms with Gasteiger partial charge < -0.3 is 0 Å². The van der Waals surface area contributed by atoms with Crippen molar-refractivity contribution < 1.29 is 13.2 Å². The third kappa shape index (κ3) is 4.50. The molecule has 0 aliphatic carbocycles. The molecule has 1 N–H and O–H groups in total. The summed E-state index contributed by atoms with van der Waals surface area (Å²) in [6.45, 7) is 3.44. The Morgan fingerprint density at radius 1 is 1.32 bits per heavy atom. The van der Waals surface area contributed by atoms with E-state index in [0.29, 0.717) is 5.57 Å². The normalized spacial score (nSPS) is 12.5. The zero-order valence-electron chi connectivity index (χ0n) is 11.3. The van der Waals surface area contributed by atoms with E-state index in [1.807, 2.05) is 35.1 Å². The van der Waals surface area contributed by atoms with Crippen LogP contribution < -0.4 is 4.72 Å². The van der Waals surface area contributed by atoms with Gasteiger partial charge in [0.1, 0.15) is 0 Å². The first kappa shape index (κ1) is 15.4. The molecule has 19 heavy (non-hydrogen) atoms. The Hall–Kier alpha value is -1.66. The molecule has 0 saturated carbocycles. The van der Waals surface area contributed by atoms with Gasteiger partial charge in [-0.1, -0.05) is 36.4 Å². The van der Waals surface area contributed by atoms with Crippen LogP contribution in [0.1, 0.15) is 19.4 Å². The largest absolute Gasteiger partial charge is 0.304 e. The molecule has 0 radical (unpaired) electrons. The maximum atomic E-state index is 11.9. The van der Waals surface area contributed by atoms with E-state index >= 15 is 0 Å². The third-order valence-corrected chi connectivity index (χ3v) is 4.06. The zero-order chi connectivity index (χ0) is 14.5. The van der Waals surface area contributed by atoms with Crippen LogP contribution in [0.5, 0.6) is 0 Å². The number of allylic oxidation sites excluding steroid dienone is 1. The molecule has 6 heteroatoms. The molecular formula is C13H18N2O3S. The Balaban J connectivity index is 2.75. The topological polar surface area (TPSA) is 66.5 Å². The van der Waals surface area contributed by atoms with E-state index in [1.165, 1.54) is 7.05 Å². The minimum absolute atomic E-state index is 0.207. The van der Waals surface area contributed by atoms with Crippen LogP contribution in [0.15, 0.2) is 42.0 Å². The molecule has 0 unspecified atom stereocenters. The molecule has 1 amide bonds. The van der Waals surface area contributed by atoms with E-state index in [1.54, 1.807) is 19.9 Å². The van der Waals surface area contributed by atoms with Crippen molar-refractivity contribution in [1.82, 2.24) is 9.03 Å². The number of nitrogens with one attached hydrogen (secondary N) is 1. The Labute approximate surface area is 114 Å². The lowest BCUT2D eigenvalue weighted by atomic mass is 10.2. The number of amides is 1. The van der Waals surface area contributed by atoms with Crippen LogP contribution in [0, 0.1) is 0 Å². The van der Waals surface area contributed by atoms with Crippen molar-refractivity contribution in [3.8, 4) is 0 Å². The van der Waals surface area contributed by atoms with E-state index in [2.05, 4.69) is 0 Å². The highest BCUT2D eigenvalue weighted by atomic mass is 32.2. The highest BCUT2D eigenvalue weighted by Gasteiger charge is 2.20. The molecule has 0 heterocycles. The molecule has 0 aromatic heterocycles. The van der Waals surface area contributed by atoms with Crippen molar-refractivity contribution in [2.24, 2.45) is 0 Å². The second-order valence-electron chi connectivity index (χ2n) is 4.15. The molecule has 0 atom stereocenters. The monoisotopic (exact) mass is 282 g/mol. The molecule has 5 nitrogen and oxygen atoms in total. The second kappa shape index (κ2) is 6.49. The number of nitrogens with zero attached hydrogens (tertiary/aromatic N) is 1.